The molecule has 114 valence electrons. The monoisotopic (exact) mass is 293 g/mol. The van der Waals surface area contributed by atoms with Gasteiger partial charge in [0.2, 0.25) is 0 Å². The summed E-state index contributed by atoms with van der Waals surface area (Å²) < 4.78 is 26.6. The van der Waals surface area contributed by atoms with Crippen molar-refractivity contribution in [1.82, 2.24) is 9.78 Å². The molecule has 0 atom stereocenters. The first-order chi connectivity index (χ1) is 9.77. The fourth-order valence-corrected chi connectivity index (χ4v) is 2.18. The number of aromatic nitrogens is 2. The fourth-order valence-electron chi connectivity index (χ4n) is 2.18. The Morgan fingerprint density at radius 3 is 2.19 bits per heavy atom. The number of hydrogen-bond acceptors (Lipinski definition) is 4. The molecular weight excluding hydrogens is 273 g/mol. The number of rotatable bonds is 4. The van der Waals surface area contributed by atoms with Gasteiger partial charge in [0.1, 0.15) is 23.0 Å². The summed E-state index contributed by atoms with van der Waals surface area (Å²) >= 11 is 0. The molecule has 6 heteroatoms. The van der Waals surface area contributed by atoms with E-state index in [1.54, 1.807) is 37.0 Å². The maximum absolute atomic E-state index is 14.4. The largest absolute Gasteiger partial charge is 0.496 e. The molecule has 0 aliphatic carbocycles. The minimum Gasteiger partial charge on any atom is -0.496 e. The summed E-state index contributed by atoms with van der Waals surface area (Å²) in [5.74, 6) is 1.51. The van der Waals surface area contributed by atoms with Gasteiger partial charge in [-0.05, 0) is 19.9 Å². The van der Waals surface area contributed by atoms with Gasteiger partial charge in [0.25, 0.3) is 0 Å². The number of nitrogens with zero attached hydrogens (tertiary/aromatic N) is 2. The van der Waals surface area contributed by atoms with E-state index in [1.807, 2.05) is 0 Å². The van der Waals surface area contributed by atoms with E-state index >= 15 is 0 Å². The van der Waals surface area contributed by atoms with Crippen molar-refractivity contribution in [3.8, 4) is 22.8 Å². The molecule has 0 saturated carbocycles. The van der Waals surface area contributed by atoms with Gasteiger partial charge in [-0.25, -0.2) is 4.39 Å². The minimum absolute atomic E-state index is 0.435. The summed E-state index contributed by atoms with van der Waals surface area (Å²) in [6.45, 7) is 2.96. The molecule has 1 aromatic carbocycles. The molecule has 0 saturated heterocycles. The topological polar surface area (TPSA) is 62.3 Å². The van der Waals surface area contributed by atoms with Crippen molar-refractivity contribution in [3.63, 3.8) is 0 Å². The standard InChI is InChI=1S/C15H20FN3O2/c1-15(2,16)10-6-9(11-7-14(17)19(3)18-11)12(20-4)8-13(10)21-5/h6-8H,17H2,1-5H3. The Balaban J connectivity index is 2.69. The number of ether oxygens (including phenoxy) is 2. The lowest BCUT2D eigenvalue weighted by molar-refractivity contribution is 0.213. The van der Waals surface area contributed by atoms with Crippen LogP contribution in [0.2, 0.25) is 0 Å². The van der Waals surface area contributed by atoms with Crippen LogP contribution in [-0.2, 0) is 12.7 Å². The quantitative estimate of drug-likeness (QED) is 0.941. The number of alkyl halides is 1. The van der Waals surface area contributed by atoms with Crippen molar-refractivity contribution >= 4 is 5.82 Å². The van der Waals surface area contributed by atoms with Crippen molar-refractivity contribution in [2.45, 2.75) is 19.5 Å². The molecule has 0 aliphatic heterocycles. The van der Waals surface area contributed by atoms with Crippen molar-refractivity contribution in [2.75, 3.05) is 20.0 Å². The molecule has 0 fully saturated rings. The number of halogens is 1. The smallest absolute Gasteiger partial charge is 0.134 e. The van der Waals surface area contributed by atoms with E-state index < -0.39 is 5.67 Å². The second kappa shape index (κ2) is 5.27. The Kier molecular flexibility index (Phi) is 3.80. The van der Waals surface area contributed by atoms with Crippen LogP contribution in [0.4, 0.5) is 10.2 Å². The van der Waals surface area contributed by atoms with E-state index in [1.165, 1.54) is 21.0 Å². The van der Waals surface area contributed by atoms with Gasteiger partial charge in [0.15, 0.2) is 0 Å². The van der Waals surface area contributed by atoms with Crippen LogP contribution in [0.15, 0.2) is 18.2 Å². The van der Waals surface area contributed by atoms with E-state index in [0.29, 0.717) is 34.1 Å². The predicted octanol–water partition coefficient (Wildman–Crippen LogP) is 2.89. The molecule has 0 bridgehead atoms. The van der Waals surface area contributed by atoms with Gasteiger partial charge in [-0.2, -0.15) is 5.10 Å². The lowest BCUT2D eigenvalue weighted by atomic mass is 9.95. The van der Waals surface area contributed by atoms with Gasteiger partial charge in [0.05, 0.1) is 19.9 Å². The van der Waals surface area contributed by atoms with E-state index in [2.05, 4.69) is 5.10 Å². The molecule has 5 nitrogen and oxygen atoms in total. The van der Waals surface area contributed by atoms with E-state index in [4.69, 9.17) is 15.2 Å². The lowest BCUT2D eigenvalue weighted by Crippen LogP contribution is -2.11. The number of nitrogen functional groups attached to an aromatic ring is 1. The van der Waals surface area contributed by atoms with Gasteiger partial charge in [0, 0.05) is 30.3 Å². The summed E-state index contributed by atoms with van der Waals surface area (Å²) in [6.07, 6.45) is 0. The molecule has 2 N–H and O–H groups in total. The molecule has 2 rings (SSSR count). The van der Waals surface area contributed by atoms with Gasteiger partial charge in [-0.15, -0.1) is 0 Å². The first-order valence-electron chi connectivity index (χ1n) is 6.53. The van der Waals surface area contributed by atoms with Crippen LogP contribution in [0.5, 0.6) is 11.5 Å². The number of benzene rings is 1. The molecule has 1 aromatic heterocycles. The van der Waals surface area contributed by atoms with Crippen LogP contribution >= 0.6 is 0 Å². The molecular formula is C15H20FN3O2. The van der Waals surface area contributed by atoms with E-state index in [0.717, 1.165) is 0 Å². The van der Waals surface area contributed by atoms with Crippen LogP contribution in [-0.4, -0.2) is 24.0 Å². The normalized spacial score (nSPS) is 11.5. The van der Waals surface area contributed by atoms with Gasteiger partial charge < -0.3 is 15.2 Å². The summed E-state index contributed by atoms with van der Waals surface area (Å²) in [5.41, 5.74) is 5.99. The maximum Gasteiger partial charge on any atom is 0.134 e. The molecule has 0 aliphatic rings. The summed E-state index contributed by atoms with van der Waals surface area (Å²) in [6, 6.07) is 5.08. The van der Waals surface area contributed by atoms with Crippen molar-refractivity contribution in [3.05, 3.63) is 23.8 Å². The highest BCUT2D eigenvalue weighted by Gasteiger charge is 2.26. The van der Waals surface area contributed by atoms with Gasteiger partial charge >= 0.3 is 0 Å². The molecule has 0 spiro atoms. The molecule has 21 heavy (non-hydrogen) atoms. The van der Waals surface area contributed by atoms with Crippen molar-refractivity contribution in [2.24, 2.45) is 7.05 Å². The predicted molar refractivity (Wildman–Crippen MR) is 80.3 cm³/mol. The Labute approximate surface area is 123 Å². The molecule has 2 aromatic rings. The van der Waals surface area contributed by atoms with Crippen LogP contribution in [0.1, 0.15) is 19.4 Å². The van der Waals surface area contributed by atoms with Crippen LogP contribution in [0.3, 0.4) is 0 Å². The highest BCUT2D eigenvalue weighted by atomic mass is 19.1. The second-order valence-corrected chi connectivity index (χ2v) is 5.30. The molecule has 1 heterocycles. The van der Waals surface area contributed by atoms with Crippen LogP contribution in [0.25, 0.3) is 11.3 Å². The minimum atomic E-state index is -1.55. The number of hydrogen-bond donors (Lipinski definition) is 1. The second-order valence-electron chi connectivity index (χ2n) is 5.30. The van der Waals surface area contributed by atoms with Gasteiger partial charge in [-0.1, -0.05) is 0 Å². The first-order valence-corrected chi connectivity index (χ1v) is 6.53. The number of anilines is 1. The van der Waals surface area contributed by atoms with Gasteiger partial charge in [-0.3, -0.25) is 4.68 Å². The zero-order valence-electron chi connectivity index (χ0n) is 12.9. The van der Waals surface area contributed by atoms with E-state index in [-0.39, 0.29) is 0 Å². The Morgan fingerprint density at radius 1 is 1.14 bits per heavy atom. The number of methoxy groups -OCH3 is 2. The highest BCUT2D eigenvalue weighted by molar-refractivity contribution is 5.72. The maximum atomic E-state index is 14.4. The summed E-state index contributed by atoms with van der Waals surface area (Å²) in [5, 5.41) is 4.32. The van der Waals surface area contributed by atoms with Crippen molar-refractivity contribution in [1.29, 1.82) is 0 Å². The number of nitrogens with two attached hydrogens (primary N) is 1. The average molecular weight is 293 g/mol. The number of aryl methyl sites for hydroxylation is 1. The zero-order chi connectivity index (χ0) is 15.8. The van der Waals surface area contributed by atoms with Crippen LogP contribution < -0.4 is 15.2 Å². The third-order valence-corrected chi connectivity index (χ3v) is 3.35. The van der Waals surface area contributed by atoms with Crippen molar-refractivity contribution < 1.29 is 13.9 Å². The third kappa shape index (κ3) is 2.79. The van der Waals surface area contributed by atoms with Crippen LogP contribution in [0, 0.1) is 0 Å². The first kappa shape index (κ1) is 15.2. The SMILES string of the molecule is COc1cc(OC)c(C(C)(C)F)cc1-c1cc(N)n(C)n1. The highest BCUT2D eigenvalue weighted by Crippen LogP contribution is 2.41. The Hall–Kier alpha value is -2.24. The van der Waals surface area contributed by atoms with E-state index in [9.17, 15) is 4.39 Å². The average Bonchev–Trinajstić information content (AvgIpc) is 2.75. The molecule has 0 unspecified atom stereocenters. The Morgan fingerprint density at radius 2 is 1.76 bits per heavy atom. The third-order valence-electron chi connectivity index (χ3n) is 3.35. The Bertz CT molecular complexity index is 640. The zero-order valence-corrected chi connectivity index (χ0v) is 12.9. The molecule has 0 amide bonds. The lowest BCUT2D eigenvalue weighted by Gasteiger charge is -2.20. The summed E-state index contributed by atoms with van der Waals surface area (Å²) in [7, 11) is 4.79. The fraction of sp³-hybridized carbons (Fsp3) is 0.400. The summed E-state index contributed by atoms with van der Waals surface area (Å²) in [4.78, 5) is 0. The molecule has 0 radical (unpaired) electrons.